The number of methoxy groups -OCH3 is 1. The highest BCUT2D eigenvalue weighted by Gasteiger charge is 2.24. The van der Waals surface area contributed by atoms with Crippen molar-refractivity contribution in [3.63, 3.8) is 0 Å². The molecule has 7 nitrogen and oxygen atoms in total. The Labute approximate surface area is 171 Å². The molecule has 1 unspecified atom stereocenters. The molecular weight excluding hydrogens is 386 g/mol. The molecule has 2 heterocycles. The van der Waals surface area contributed by atoms with Crippen molar-refractivity contribution in [2.24, 2.45) is 7.05 Å². The van der Waals surface area contributed by atoms with Crippen molar-refractivity contribution in [1.82, 2.24) is 14.1 Å². The summed E-state index contributed by atoms with van der Waals surface area (Å²) < 4.78 is 14.2. The third-order valence-corrected chi connectivity index (χ3v) is 6.71. The van der Waals surface area contributed by atoms with Gasteiger partial charge in [-0.1, -0.05) is 37.8 Å². The van der Waals surface area contributed by atoms with Gasteiger partial charge >= 0.3 is 5.97 Å². The van der Waals surface area contributed by atoms with Crippen molar-refractivity contribution < 1.29 is 19.4 Å². The molecule has 156 valence electrons. The van der Waals surface area contributed by atoms with Crippen LogP contribution in [0.1, 0.15) is 28.0 Å². The predicted molar refractivity (Wildman–Crippen MR) is 115 cm³/mol. The fourth-order valence-electron chi connectivity index (χ4n) is 3.25. The van der Waals surface area contributed by atoms with E-state index in [4.69, 9.17) is 9.47 Å². The molecule has 3 rings (SSSR count). The Kier molecular flexibility index (Phi) is 6.26. The predicted octanol–water partition coefficient (Wildman–Crippen LogP) is 3.56. The van der Waals surface area contributed by atoms with Gasteiger partial charge in [0.25, 0.3) is 0 Å². The number of para-hydroxylation sites is 1. The van der Waals surface area contributed by atoms with Crippen LogP contribution in [0.15, 0.2) is 36.7 Å². The first kappa shape index (κ1) is 21.3. The number of carbonyl (C=O) groups excluding carboxylic acids is 1. The van der Waals surface area contributed by atoms with Gasteiger partial charge in [-0.3, -0.25) is 0 Å². The first-order valence-electron chi connectivity index (χ1n) is 9.66. The number of esters is 1. The van der Waals surface area contributed by atoms with Gasteiger partial charge in [-0.15, -0.1) is 0 Å². The topological polar surface area (TPSA) is 78.5 Å². The van der Waals surface area contributed by atoms with Crippen LogP contribution in [0.2, 0.25) is 25.7 Å². The molecule has 0 radical (unpaired) electrons. The maximum absolute atomic E-state index is 11.9. The van der Waals surface area contributed by atoms with Crippen LogP contribution in [0.25, 0.3) is 10.9 Å². The van der Waals surface area contributed by atoms with Gasteiger partial charge in [-0.05, 0) is 12.1 Å². The van der Waals surface area contributed by atoms with Crippen molar-refractivity contribution in [1.29, 1.82) is 0 Å². The number of imidazole rings is 1. The van der Waals surface area contributed by atoms with Gasteiger partial charge in [0.2, 0.25) is 0 Å². The van der Waals surface area contributed by atoms with E-state index in [2.05, 4.69) is 24.6 Å². The highest BCUT2D eigenvalue weighted by molar-refractivity contribution is 6.76. The lowest BCUT2D eigenvalue weighted by molar-refractivity contribution is 0.0589. The van der Waals surface area contributed by atoms with Crippen molar-refractivity contribution in [2.75, 3.05) is 13.7 Å². The SMILES string of the molecule is COC(=O)c1cnc(C(O)c2cn(COCC[Si](C)(C)C)c3ccccc23)n1C. The molecule has 29 heavy (non-hydrogen) atoms. The summed E-state index contributed by atoms with van der Waals surface area (Å²) in [6.07, 6.45) is 2.34. The summed E-state index contributed by atoms with van der Waals surface area (Å²) in [5.41, 5.74) is 2.00. The van der Waals surface area contributed by atoms with Crippen molar-refractivity contribution in [3.05, 3.63) is 53.7 Å². The first-order chi connectivity index (χ1) is 13.7. The monoisotopic (exact) mass is 415 g/mol. The van der Waals surface area contributed by atoms with Crippen LogP contribution in [-0.4, -0.2) is 47.0 Å². The molecule has 1 N–H and O–H groups in total. The number of aliphatic hydroxyl groups excluding tert-OH is 1. The van der Waals surface area contributed by atoms with E-state index in [1.54, 1.807) is 11.6 Å². The van der Waals surface area contributed by atoms with Gasteiger partial charge in [0.05, 0.1) is 18.8 Å². The molecule has 0 saturated heterocycles. The number of ether oxygens (including phenoxy) is 2. The standard InChI is InChI=1S/C21H29N3O4Si/c1-23-18(21(26)27-2)12-22-20(23)19(25)16-13-24(14-28-10-11-29(3,4)5)17-9-7-6-8-15(16)17/h6-9,12-13,19,25H,10-11,14H2,1-5H3. The van der Waals surface area contributed by atoms with Gasteiger partial charge in [0, 0.05) is 38.9 Å². The quantitative estimate of drug-likeness (QED) is 0.346. The fourth-order valence-corrected chi connectivity index (χ4v) is 4.01. The first-order valence-corrected chi connectivity index (χ1v) is 13.4. The summed E-state index contributed by atoms with van der Waals surface area (Å²) in [6.45, 7) is 8.12. The molecule has 3 aromatic rings. The molecular formula is C21H29N3O4Si. The number of hydrogen-bond donors (Lipinski definition) is 1. The number of aliphatic hydroxyl groups is 1. The molecule has 1 atom stereocenters. The number of rotatable bonds is 8. The van der Waals surface area contributed by atoms with Crippen LogP contribution in [0.3, 0.4) is 0 Å². The average Bonchev–Trinajstić information content (AvgIpc) is 3.24. The zero-order chi connectivity index (χ0) is 21.2. The second-order valence-electron chi connectivity index (χ2n) is 8.37. The van der Waals surface area contributed by atoms with Gasteiger partial charge in [0.1, 0.15) is 24.4 Å². The summed E-state index contributed by atoms with van der Waals surface area (Å²) in [6, 6.07) is 8.98. The normalized spacial score (nSPS) is 13.0. The minimum atomic E-state index is -1.15. The summed E-state index contributed by atoms with van der Waals surface area (Å²) in [5.74, 6) is -0.107. The Bertz CT molecular complexity index is 1000. The third-order valence-electron chi connectivity index (χ3n) is 5.00. The van der Waals surface area contributed by atoms with Crippen molar-refractivity contribution in [2.45, 2.75) is 38.5 Å². The van der Waals surface area contributed by atoms with E-state index in [0.717, 1.165) is 29.1 Å². The number of benzene rings is 1. The van der Waals surface area contributed by atoms with Gasteiger partial charge in [0.15, 0.2) is 0 Å². The zero-order valence-corrected chi connectivity index (χ0v) is 18.7. The lowest BCUT2D eigenvalue weighted by Gasteiger charge is -2.15. The van der Waals surface area contributed by atoms with E-state index in [9.17, 15) is 9.90 Å². The zero-order valence-electron chi connectivity index (χ0n) is 17.7. The number of nitrogens with zero attached hydrogens (tertiary/aromatic N) is 3. The van der Waals surface area contributed by atoms with Crippen LogP contribution < -0.4 is 0 Å². The molecule has 0 aliphatic rings. The molecule has 0 bridgehead atoms. The molecule has 1 aromatic carbocycles. The van der Waals surface area contributed by atoms with Gasteiger partial charge < -0.3 is 23.7 Å². The van der Waals surface area contributed by atoms with Crippen LogP contribution in [0.4, 0.5) is 0 Å². The summed E-state index contributed by atoms with van der Waals surface area (Å²) in [5, 5.41) is 12.0. The Balaban J connectivity index is 1.88. The van der Waals surface area contributed by atoms with E-state index < -0.39 is 20.1 Å². The largest absolute Gasteiger partial charge is 0.464 e. The molecule has 0 fully saturated rings. The Hall–Kier alpha value is -2.42. The lowest BCUT2D eigenvalue weighted by atomic mass is 10.1. The second kappa shape index (κ2) is 8.52. The molecule has 0 saturated carbocycles. The van der Waals surface area contributed by atoms with E-state index in [1.165, 1.54) is 13.3 Å². The number of aromatic nitrogens is 3. The Morgan fingerprint density at radius 3 is 2.69 bits per heavy atom. The maximum atomic E-state index is 11.9. The van der Waals surface area contributed by atoms with E-state index >= 15 is 0 Å². The maximum Gasteiger partial charge on any atom is 0.356 e. The molecule has 8 heteroatoms. The number of hydrogen-bond acceptors (Lipinski definition) is 5. The van der Waals surface area contributed by atoms with Crippen LogP contribution in [0.5, 0.6) is 0 Å². The van der Waals surface area contributed by atoms with Crippen LogP contribution in [-0.2, 0) is 23.3 Å². The summed E-state index contributed by atoms with van der Waals surface area (Å²) in [7, 11) is 1.87. The van der Waals surface area contributed by atoms with Gasteiger partial charge in [-0.2, -0.15) is 0 Å². The highest BCUT2D eigenvalue weighted by atomic mass is 28.3. The second-order valence-corrected chi connectivity index (χ2v) is 14.0. The minimum Gasteiger partial charge on any atom is -0.464 e. The molecule has 0 aliphatic heterocycles. The number of fused-ring (bicyclic) bond motifs is 1. The number of carbonyl (C=O) groups is 1. The Morgan fingerprint density at radius 1 is 1.28 bits per heavy atom. The average molecular weight is 416 g/mol. The summed E-state index contributed by atoms with van der Waals surface area (Å²) in [4.78, 5) is 16.1. The van der Waals surface area contributed by atoms with E-state index in [1.807, 2.05) is 35.0 Å². The van der Waals surface area contributed by atoms with Crippen LogP contribution in [0, 0.1) is 0 Å². The molecule has 0 aliphatic carbocycles. The highest BCUT2D eigenvalue weighted by Crippen LogP contribution is 2.30. The van der Waals surface area contributed by atoms with Crippen molar-refractivity contribution in [3.8, 4) is 0 Å². The minimum absolute atomic E-state index is 0.292. The van der Waals surface area contributed by atoms with Crippen molar-refractivity contribution >= 4 is 24.9 Å². The Morgan fingerprint density at radius 2 is 2.00 bits per heavy atom. The van der Waals surface area contributed by atoms with E-state index in [0.29, 0.717) is 18.2 Å². The third kappa shape index (κ3) is 4.60. The van der Waals surface area contributed by atoms with Gasteiger partial charge in [-0.25, -0.2) is 9.78 Å². The molecule has 0 amide bonds. The molecule has 2 aromatic heterocycles. The fraction of sp³-hybridized carbons (Fsp3) is 0.429. The molecule has 0 spiro atoms. The summed E-state index contributed by atoms with van der Waals surface area (Å²) >= 11 is 0. The van der Waals surface area contributed by atoms with E-state index in [-0.39, 0.29) is 0 Å². The lowest BCUT2D eigenvalue weighted by Crippen LogP contribution is -2.21. The smallest absolute Gasteiger partial charge is 0.356 e. The van der Waals surface area contributed by atoms with Crippen LogP contribution >= 0.6 is 0 Å².